The van der Waals surface area contributed by atoms with Crippen LogP contribution in [-0.2, 0) is 0 Å². The Bertz CT molecular complexity index is 338. The number of nitrogens with one attached hydrogen (secondary N) is 1. The summed E-state index contributed by atoms with van der Waals surface area (Å²) in [5, 5.41) is 3.57. The quantitative estimate of drug-likeness (QED) is 0.887. The lowest BCUT2D eigenvalue weighted by molar-refractivity contribution is 0.270. The first-order chi connectivity index (χ1) is 7.18. The number of rotatable bonds is 2. The van der Waals surface area contributed by atoms with Crippen LogP contribution in [0.4, 0.5) is 0 Å². The molecule has 0 aliphatic carbocycles. The minimum atomic E-state index is 0.470. The Labute approximate surface area is 99.8 Å². The molecule has 0 radical (unpaired) electrons. The molecule has 2 nitrogen and oxygen atoms in total. The molecule has 0 saturated carbocycles. The van der Waals surface area contributed by atoms with E-state index < -0.39 is 0 Å². The van der Waals surface area contributed by atoms with Crippen LogP contribution in [0, 0.1) is 0 Å². The molecule has 1 N–H and O–H groups in total. The lowest BCUT2D eigenvalue weighted by atomic mass is 10.0. The van der Waals surface area contributed by atoms with Gasteiger partial charge in [0.2, 0.25) is 0 Å². The smallest absolute Gasteiger partial charge is 0.0478 e. The van der Waals surface area contributed by atoms with E-state index in [9.17, 15) is 0 Å². The number of nitrogens with zero attached hydrogens (tertiary/aromatic N) is 1. The van der Waals surface area contributed by atoms with Crippen molar-refractivity contribution in [2.24, 2.45) is 0 Å². The van der Waals surface area contributed by atoms with Crippen LogP contribution in [-0.4, -0.2) is 31.6 Å². The second-order valence-corrected chi connectivity index (χ2v) is 5.22. The third kappa shape index (κ3) is 2.41. The van der Waals surface area contributed by atoms with Gasteiger partial charge in [-0.05, 0) is 44.8 Å². The molecule has 0 aromatic heterocycles. The average Bonchev–Trinajstić information content (AvgIpc) is 2.65. The number of benzene rings is 1. The van der Waals surface area contributed by atoms with Gasteiger partial charge >= 0.3 is 0 Å². The molecule has 1 saturated heterocycles. The van der Waals surface area contributed by atoms with Crippen LogP contribution < -0.4 is 5.32 Å². The van der Waals surface area contributed by atoms with Gasteiger partial charge in [0, 0.05) is 16.6 Å². The summed E-state index contributed by atoms with van der Waals surface area (Å²) in [6, 6.07) is 9.66. The molecule has 1 fully saturated rings. The van der Waals surface area contributed by atoms with Crippen LogP contribution >= 0.6 is 15.9 Å². The molecule has 1 aliphatic heterocycles. The molecule has 15 heavy (non-hydrogen) atoms. The van der Waals surface area contributed by atoms with Crippen molar-refractivity contribution < 1.29 is 0 Å². The van der Waals surface area contributed by atoms with Gasteiger partial charge in [-0.15, -0.1) is 0 Å². The standard InChI is InChI=1S/C12H17BrN2/c1-15(2)11-6-7-14-12(11)9-4-3-5-10(13)8-9/h3-5,8,11-12,14H,6-7H2,1-2H3. The Morgan fingerprint density at radius 1 is 1.40 bits per heavy atom. The van der Waals surface area contributed by atoms with Gasteiger partial charge in [0.1, 0.15) is 0 Å². The van der Waals surface area contributed by atoms with Crippen molar-refractivity contribution in [1.82, 2.24) is 10.2 Å². The van der Waals surface area contributed by atoms with Crippen molar-refractivity contribution in [3.8, 4) is 0 Å². The van der Waals surface area contributed by atoms with E-state index in [4.69, 9.17) is 0 Å². The highest BCUT2D eigenvalue weighted by molar-refractivity contribution is 9.10. The summed E-state index contributed by atoms with van der Waals surface area (Å²) in [4.78, 5) is 2.31. The van der Waals surface area contributed by atoms with Gasteiger partial charge in [0.25, 0.3) is 0 Å². The second-order valence-electron chi connectivity index (χ2n) is 4.31. The number of hydrogen-bond acceptors (Lipinski definition) is 2. The van der Waals surface area contributed by atoms with E-state index >= 15 is 0 Å². The van der Waals surface area contributed by atoms with Crippen LogP contribution in [0.5, 0.6) is 0 Å². The molecule has 1 aromatic carbocycles. The highest BCUT2D eigenvalue weighted by Gasteiger charge is 2.29. The summed E-state index contributed by atoms with van der Waals surface area (Å²) >= 11 is 3.52. The van der Waals surface area contributed by atoms with E-state index in [0.717, 1.165) is 11.0 Å². The molecule has 1 aromatic rings. The molecule has 82 valence electrons. The van der Waals surface area contributed by atoms with Crippen LogP contribution in [0.1, 0.15) is 18.0 Å². The molecule has 2 atom stereocenters. The van der Waals surface area contributed by atoms with Crippen LogP contribution in [0.25, 0.3) is 0 Å². The minimum absolute atomic E-state index is 0.470. The van der Waals surface area contributed by atoms with Crippen molar-refractivity contribution in [3.63, 3.8) is 0 Å². The number of likely N-dealkylation sites (N-methyl/N-ethyl adjacent to an activating group) is 1. The fraction of sp³-hybridized carbons (Fsp3) is 0.500. The van der Waals surface area contributed by atoms with Gasteiger partial charge < -0.3 is 10.2 Å². The maximum Gasteiger partial charge on any atom is 0.0478 e. The lowest BCUT2D eigenvalue weighted by Gasteiger charge is -2.26. The summed E-state index contributed by atoms with van der Waals surface area (Å²) in [5.41, 5.74) is 1.38. The van der Waals surface area contributed by atoms with Crippen molar-refractivity contribution >= 4 is 15.9 Å². The number of hydrogen-bond donors (Lipinski definition) is 1. The van der Waals surface area contributed by atoms with E-state index in [1.165, 1.54) is 12.0 Å². The molecule has 3 heteroatoms. The predicted octanol–water partition coefficient (Wildman–Crippen LogP) is 2.41. The van der Waals surface area contributed by atoms with Crippen molar-refractivity contribution in [1.29, 1.82) is 0 Å². The molecular formula is C12H17BrN2. The van der Waals surface area contributed by atoms with Gasteiger partial charge in [0.15, 0.2) is 0 Å². The van der Waals surface area contributed by atoms with Crippen molar-refractivity contribution in [3.05, 3.63) is 34.3 Å². The Balaban J connectivity index is 2.22. The summed E-state index contributed by atoms with van der Waals surface area (Å²) in [5.74, 6) is 0. The first-order valence-electron chi connectivity index (χ1n) is 5.34. The third-order valence-electron chi connectivity index (χ3n) is 3.06. The van der Waals surface area contributed by atoms with E-state index in [1.54, 1.807) is 0 Å². The van der Waals surface area contributed by atoms with Crippen LogP contribution in [0.3, 0.4) is 0 Å². The maximum absolute atomic E-state index is 3.57. The van der Waals surface area contributed by atoms with Crippen LogP contribution in [0.15, 0.2) is 28.7 Å². The van der Waals surface area contributed by atoms with Gasteiger partial charge in [-0.2, -0.15) is 0 Å². The van der Waals surface area contributed by atoms with E-state index in [1.807, 2.05) is 0 Å². The van der Waals surface area contributed by atoms with Gasteiger partial charge in [0.05, 0.1) is 0 Å². The second kappa shape index (κ2) is 4.64. The summed E-state index contributed by atoms with van der Waals surface area (Å²) in [7, 11) is 4.31. The SMILES string of the molecule is CN(C)C1CCNC1c1cccc(Br)c1. The molecule has 1 aliphatic rings. The van der Waals surface area contributed by atoms with E-state index in [2.05, 4.69) is 64.5 Å². The summed E-state index contributed by atoms with van der Waals surface area (Å²) in [6.45, 7) is 1.11. The fourth-order valence-electron chi connectivity index (χ4n) is 2.29. The predicted molar refractivity (Wildman–Crippen MR) is 67.0 cm³/mol. The largest absolute Gasteiger partial charge is 0.309 e. The topological polar surface area (TPSA) is 15.3 Å². The van der Waals surface area contributed by atoms with Crippen molar-refractivity contribution in [2.75, 3.05) is 20.6 Å². The first-order valence-corrected chi connectivity index (χ1v) is 6.13. The Morgan fingerprint density at radius 2 is 2.20 bits per heavy atom. The molecular weight excluding hydrogens is 252 g/mol. The zero-order chi connectivity index (χ0) is 10.8. The number of halogens is 1. The van der Waals surface area contributed by atoms with Gasteiger partial charge in [-0.1, -0.05) is 28.1 Å². The molecule has 0 spiro atoms. The van der Waals surface area contributed by atoms with Gasteiger partial charge in [-0.25, -0.2) is 0 Å². The summed E-state index contributed by atoms with van der Waals surface area (Å²) in [6.07, 6.45) is 1.23. The van der Waals surface area contributed by atoms with Gasteiger partial charge in [-0.3, -0.25) is 0 Å². The highest BCUT2D eigenvalue weighted by atomic mass is 79.9. The lowest BCUT2D eigenvalue weighted by Crippen LogP contribution is -2.33. The van der Waals surface area contributed by atoms with Crippen LogP contribution in [0.2, 0.25) is 0 Å². The Hall–Kier alpha value is -0.380. The molecule has 0 bridgehead atoms. The monoisotopic (exact) mass is 268 g/mol. The first kappa shape index (κ1) is 11.1. The highest BCUT2D eigenvalue weighted by Crippen LogP contribution is 2.28. The molecule has 2 unspecified atom stereocenters. The van der Waals surface area contributed by atoms with Crippen molar-refractivity contribution in [2.45, 2.75) is 18.5 Å². The Morgan fingerprint density at radius 3 is 2.87 bits per heavy atom. The maximum atomic E-state index is 3.57. The normalized spacial score (nSPS) is 26.1. The summed E-state index contributed by atoms with van der Waals surface area (Å²) < 4.78 is 1.16. The molecule has 1 heterocycles. The van der Waals surface area contributed by atoms with E-state index in [0.29, 0.717) is 12.1 Å². The molecule has 0 amide bonds. The zero-order valence-corrected chi connectivity index (χ0v) is 10.8. The average molecular weight is 269 g/mol. The van der Waals surface area contributed by atoms with E-state index in [-0.39, 0.29) is 0 Å². The zero-order valence-electron chi connectivity index (χ0n) is 9.20. The molecule has 2 rings (SSSR count). The third-order valence-corrected chi connectivity index (χ3v) is 3.55. The Kier molecular flexibility index (Phi) is 3.44. The minimum Gasteiger partial charge on any atom is -0.309 e. The fourth-order valence-corrected chi connectivity index (χ4v) is 2.70.